The molecule has 2 aromatic rings. The molecule has 8 nitrogen and oxygen atoms in total. The predicted molar refractivity (Wildman–Crippen MR) is 121 cm³/mol. The number of amides is 2. The van der Waals surface area contributed by atoms with Gasteiger partial charge in [-0.05, 0) is 50.2 Å². The predicted octanol–water partition coefficient (Wildman–Crippen LogP) is 2.62. The number of carbonyl (C=O) groups is 2. The van der Waals surface area contributed by atoms with Gasteiger partial charge in [-0.15, -0.1) is 0 Å². The lowest BCUT2D eigenvalue weighted by atomic mass is 10.1. The number of benzene rings is 2. The Kier molecular flexibility index (Phi) is 6.51. The van der Waals surface area contributed by atoms with Gasteiger partial charge < -0.3 is 15.0 Å². The third-order valence-electron chi connectivity index (χ3n) is 5.78. The molecular weight excluding hydrogens is 449 g/mol. The van der Waals surface area contributed by atoms with Crippen molar-refractivity contribution >= 4 is 33.2 Å². The van der Waals surface area contributed by atoms with Gasteiger partial charge in [0.15, 0.2) is 0 Å². The molecule has 2 fully saturated rings. The van der Waals surface area contributed by atoms with E-state index < -0.39 is 21.8 Å². The molecule has 2 saturated heterocycles. The fraction of sp³-hybridized carbons (Fsp3) is 0.391. The third-order valence-corrected chi connectivity index (χ3v) is 7.63. The summed E-state index contributed by atoms with van der Waals surface area (Å²) in [5, 5.41) is 2.72. The molecule has 2 heterocycles. The second kappa shape index (κ2) is 9.20. The number of halogens is 1. The van der Waals surface area contributed by atoms with E-state index in [-0.39, 0.29) is 60.7 Å². The van der Waals surface area contributed by atoms with E-state index in [1.807, 2.05) is 13.8 Å². The van der Waals surface area contributed by atoms with Gasteiger partial charge in [0.05, 0.1) is 28.7 Å². The van der Waals surface area contributed by atoms with Crippen LogP contribution in [0.25, 0.3) is 0 Å². The summed E-state index contributed by atoms with van der Waals surface area (Å²) in [6.45, 7) is 4.29. The van der Waals surface area contributed by atoms with Gasteiger partial charge in [0, 0.05) is 31.7 Å². The summed E-state index contributed by atoms with van der Waals surface area (Å²) < 4.78 is 47.0. The molecule has 3 atom stereocenters. The summed E-state index contributed by atoms with van der Waals surface area (Å²) in [5.74, 6) is -1.87. The lowest BCUT2D eigenvalue weighted by Gasteiger charge is -2.34. The summed E-state index contributed by atoms with van der Waals surface area (Å²) >= 11 is 0. The van der Waals surface area contributed by atoms with Crippen LogP contribution in [0.4, 0.5) is 15.8 Å². The Hall–Kier alpha value is -2.82. The van der Waals surface area contributed by atoms with Crippen LogP contribution in [0, 0.1) is 11.7 Å². The van der Waals surface area contributed by atoms with Gasteiger partial charge in [-0.3, -0.25) is 9.59 Å². The summed E-state index contributed by atoms with van der Waals surface area (Å²) in [5.41, 5.74) is 0.568. The zero-order chi connectivity index (χ0) is 23.8. The number of anilines is 2. The average Bonchev–Trinajstić information content (AvgIpc) is 3.15. The number of carbonyl (C=O) groups excluding carboxylic acids is 2. The quantitative estimate of drug-likeness (QED) is 0.717. The average molecular weight is 476 g/mol. The van der Waals surface area contributed by atoms with E-state index >= 15 is 0 Å². The maximum absolute atomic E-state index is 14.0. The van der Waals surface area contributed by atoms with Crippen LogP contribution in [-0.4, -0.2) is 56.4 Å². The monoisotopic (exact) mass is 475 g/mol. The minimum Gasteiger partial charge on any atom is -0.373 e. The zero-order valence-corrected chi connectivity index (χ0v) is 19.2. The van der Waals surface area contributed by atoms with Crippen molar-refractivity contribution in [3.63, 3.8) is 0 Å². The second-order valence-corrected chi connectivity index (χ2v) is 10.4. The van der Waals surface area contributed by atoms with E-state index in [9.17, 15) is 22.4 Å². The Morgan fingerprint density at radius 2 is 1.67 bits per heavy atom. The zero-order valence-electron chi connectivity index (χ0n) is 18.4. The number of hydrogen-bond donors (Lipinski definition) is 1. The van der Waals surface area contributed by atoms with Crippen molar-refractivity contribution < 1.29 is 27.1 Å². The van der Waals surface area contributed by atoms with Gasteiger partial charge >= 0.3 is 0 Å². The topological polar surface area (TPSA) is 96.0 Å². The second-order valence-electron chi connectivity index (χ2n) is 8.45. The molecule has 2 aliphatic rings. The van der Waals surface area contributed by atoms with Crippen LogP contribution in [0.3, 0.4) is 0 Å². The Balaban J connectivity index is 1.41. The summed E-state index contributed by atoms with van der Waals surface area (Å²) in [4.78, 5) is 26.4. The number of ether oxygens (including phenoxy) is 1. The fourth-order valence-electron chi connectivity index (χ4n) is 4.22. The van der Waals surface area contributed by atoms with Crippen molar-refractivity contribution in [2.24, 2.45) is 5.92 Å². The van der Waals surface area contributed by atoms with Crippen LogP contribution in [0.2, 0.25) is 0 Å². The minimum absolute atomic E-state index is 0.0277. The molecule has 2 aliphatic heterocycles. The molecule has 0 aromatic heterocycles. The van der Waals surface area contributed by atoms with Gasteiger partial charge in [0.2, 0.25) is 21.8 Å². The first-order chi connectivity index (χ1) is 15.6. The van der Waals surface area contributed by atoms with Gasteiger partial charge in [-0.1, -0.05) is 12.1 Å². The van der Waals surface area contributed by atoms with Crippen molar-refractivity contribution in [3.05, 3.63) is 54.3 Å². The molecule has 2 amide bonds. The van der Waals surface area contributed by atoms with E-state index in [1.54, 1.807) is 6.07 Å². The van der Waals surface area contributed by atoms with Crippen molar-refractivity contribution in [3.8, 4) is 0 Å². The lowest BCUT2D eigenvalue weighted by Crippen LogP contribution is -2.48. The third kappa shape index (κ3) is 4.92. The molecule has 0 saturated carbocycles. The first-order valence-electron chi connectivity index (χ1n) is 10.8. The van der Waals surface area contributed by atoms with Crippen molar-refractivity contribution in [1.82, 2.24) is 4.31 Å². The minimum atomic E-state index is -3.68. The molecule has 0 spiro atoms. The molecular formula is C23H26FN3O5S. The molecule has 10 heteroatoms. The highest BCUT2D eigenvalue weighted by Crippen LogP contribution is 2.28. The molecule has 33 heavy (non-hydrogen) atoms. The van der Waals surface area contributed by atoms with E-state index in [4.69, 9.17) is 4.74 Å². The molecule has 2 aromatic carbocycles. The van der Waals surface area contributed by atoms with Crippen LogP contribution in [-0.2, 0) is 24.3 Å². The summed E-state index contributed by atoms with van der Waals surface area (Å²) in [7, 11) is -3.68. The molecule has 0 aliphatic carbocycles. The summed E-state index contributed by atoms with van der Waals surface area (Å²) in [6, 6.07) is 11.9. The number of nitrogens with one attached hydrogen (secondary N) is 1. The maximum atomic E-state index is 14.0. The standard InChI is InChI=1S/C23H26FN3O5S/c1-15-12-26(13-16(2)32-15)33(30,31)19-9-7-18(8-10-19)25-23(29)17-11-22(28)27(14-17)21-6-4-3-5-20(21)24/h3-10,15-17H,11-14H2,1-2H3,(H,25,29). The highest BCUT2D eigenvalue weighted by atomic mass is 32.2. The highest BCUT2D eigenvalue weighted by molar-refractivity contribution is 7.89. The van der Waals surface area contributed by atoms with E-state index in [1.165, 1.54) is 51.7 Å². The number of para-hydroxylation sites is 1. The molecule has 1 N–H and O–H groups in total. The Morgan fingerprint density at radius 1 is 1.03 bits per heavy atom. The number of sulfonamides is 1. The Bertz CT molecular complexity index is 1140. The first-order valence-corrected chi connectivity index (χ1v) is 12.2. The SMILES string of the molecule is CC1CN(S(=O)(=O)c2ccc(NC(=O)C3CC(=O)N(c4ccccc4F)C3)cc2)CC(C)O1. The molecule has 0 bridgehead atoms. The van der Waals surface area contributed by atoms with Crippen LogP contribution in [0.5, 0.6) is 0 Å². The van der Waals surface area contributed by atoms with Crippen LogP contribution in [0.1, 0.15) is 20.3 Å². The van der Waals surface area contributed by atoms with Gasteiger partial charge in [0.1, 0.15) is 5.82 Å². The van der Waals surface area contributed by atoms with Crippen molar-refractivity contribution in [2.45, 2.75) is 37.4 Å². The van der Waals surface area contributed by atoms with Crippen molar-refractivity contribution in [2.75, 3.05) is 29.9 Å². The van der Waals surface area contributed by atoms with E-state index in [2.05, 4.69) is 5.32 Å². The lowest BCUT2D eigenvalue weighted by molar-refractivity contribution is -0.122. The first kappa shape index (κ1) is 23.3. The molecule has 0 radical (unpaired) electrons. The summed E-state index contributed by atoms with van der Waals surface area (Å²) in [6.07, 6.45) is -0.416. The fourth-order valence-corrected chi connectivity index (χ4v) is 5.81. The number of rotatable bonds is 5. The Morgan fingerprint density at radius 3 is 2.30 bits per heavy atom. The smallest absolute Gasteiger partial charge is 0.243 e. The Labute approximate surface area is 192 Å². The van der Waals surface area contributed by atoms with Gasteiger partial charge in [-0.2, -0.15) is 4.31 Å². The number of nitrogens with zero attached hydrogens (tertiary/aromatic N) is 2. The van der Waals surface area contributed by atoms with E-state index in [0.717, 1.165) is 0 Å². The number of morpholine rings is 1. The highest BCUT2D eigenvalue weighted by Gasteiger charge is 2.36. The molecule has 4 rings (SSSR count). The van der Waals surface area contributed by atoms with Crippen LogP contribution < -0.4 is 10.2 Å². The van der Waals surface area contributed by atoms with Crippen LogP contribution in [0.15, 0.2) is 53.4 Å². The van der Waals surface area contributed by atoms with Gasteiger partial charge in [-0.25, -0.2) is 12.8 Å². The van der Waals surface area contributed by atoms with Gasteiger partial charge in [0.25, 0.3) is 0 Å². The normalized spacial score (nSPS) is 24.2. The maximum Gasteiger partial charge on any atom is 0.243 e. The number of hydrogen-bond acceptors (Lipinski definition) is 5. The molecule has 3 unspecified atom stereocenters. The van der Waals surface area contributed by atoms with Crippen molar-refractivity contribution in [1.29, 1.82) is 0 Å². The van der Waals surface area contributed by atoms with Crippen LogP contribution >= 0.6 is 0 Å². The largest absolute Gasteiger partial charge is 0.373 e. The molecule has 176 valence electrons. The van der Waals surface area contributed by atoms with E-state index in [0.29, 0.717) is 5.69 Å².